The number of aromatic nitrogens is 1. The van der Waals surface area contributed by atoms with Crippen molar-refractivity contribution in [3.8, 4) is 0 Å². The molecule has 140 valence electrons. The lowest BCUT2D eigenvalue weighted by atomic mass is 9.91. The number of hydrogen-bond acceptors (Lipinski definition) is 8. The summed E-state index contributed by atoms with van der Waals surface area (Å²) in [6.45, 7) is 5.22. The number of pyridine rings is 1. The van der Waals surface area contributed by atoms with Gasteiger partial charge in [0.05, 0.1) is 18.0 Å². The Balaban J connectivity index is 2.58. The number of nitrogens with one attached hydrogen (secondary N) is 1. The van der Waals surface area contributed by atoms with Crippen LogP contribution in [-0.4, -0.2) is 35.3 Å². The molecule has 1 aliphatic heterocycles. The van der Waals surface area contributed by atoms with Gasteiger partial charge in [-0.3, -0.25) is 0 Å². The van der Waals surface area contributed by atoms with Crippen molar-refractivity contribution < 1.29 is 28.9 Å². The maximum absolute atomic E-state index is 11.9. The average molecular weight is 380 g/mol. The molecule has 1 atom stereocenters. The topological polar surface area (TPSA) is 107 Å². The molecule has 0 radical (unpaired) electrons. The summed E-state index contributed by atoms with van der Waals surface area (Å²) in [7, 11) is 0. The zero-order valence-corrected chi connectivity index (χ0v) is 15.7. The minimum absolute atomic E-state index is 0.116. The van der Waals surface area contributed by atoms with Crippen LogP contribution in [0.4, 0.5) is 9.59 Å². The van der Waals surface area contributed by atoms with Gasteiger partial charge in [-0.05, 0) is 33.1 Å². The number of ether oxygens (including phenoxy) is 3. The Labute approximate surface area is 155 Å². The molecule has 0 saturated heterocycles. The summed E-state index contributed by atoms with van der Waals surface area (Å²) < 4.78 is 15.3. The highest BCUT2D eigenvalue weighted by Crippen LogP contribution is 2.41. The van der Waals surface area contributed by atoms with E-state index in [1.807, 2.05) is 6.26 Å². The fraction of sp³-hybridized carbons (Fsp3) is 0.353. The van der Waals surface area contributed by atoms with Gasteiger partial charge in [0.2, 0.25) is 0 Å². The predicted molar refractivity (Wildman–Crippen MR) is 94.5 cm³/mol. The fourth-order valence-electron chi connectivity index (χ4n) is 2.63. The van der Waals surface area contributed by atoms with Crippen LogP contribution in [0.15, 0.2) is 46.3 Å². The SMILES string of the molecule is CCOC(=O)OC1=C(C)NC(C)=C(OC(=O)O)C1c1cccnc1SC. The molecule has 0 bridgehead atoms. The van der Waals surface area contributed by atoms with E-state index in [9.17, 15) is 9.59 Å². The molecule has 1 aromatic heterocycles. The van der Waals surface area contributed by atoms with Crippen molar-refractivity contribution in [2.75, 3.05) is 12.9 Å². The van der Waals surface area contributed by atoms with Crippen molar-refractivity contribution in [3.63, 3.8) is 0 Å². The van der Waals surface area contributed by atoms with Gasteiger partial charge in [-0.15, -0.1) is 11.8 Å². The maximum Gasteiger partial charge on any atom is 0.513 e. The highest BCUT2D eigenvalue weighted by atomic mass is 32.2. The molecule has 9 heteroatoms. The predicted octanol–water partition coefficient (Wildman–Crippen LogP) is 3.82. The average Bonchev–Trinajstić information content (AvgIpc) is 2.59. The second-order valence-electron chi connectivity index (χ2n) is 5.29. The summed E-state index contributed by atoms with van der Waals surface area (Å²) in [6.07, 6.45) is 1.14. The highest BCUT2D eigenvalue weighted by molar-refractivity contribution is 7.98. The molecule has 26 heavy (non-hydrogen) atoms. The Morgan fingerprint density at radius 2 is 1.92 bits per heavy atom. The van der Waals surface area contributed by atoms with E-state index in [0.29, 0.717) is 22.0 Å². The lowest BCUT2D eigenvalue weighted by molar-refractivity contribution is 0.0723. The number of carboxylic acid groups (broad SMARTS) is 1. The Hall–Kier alpha value is -2.68. The van der Waals surface area contributed by atoms with Crippen LogP contribution in [0.5, 0.6) is 0 Å². The zero-order valence-electron chi connectivity index (χ0n) is 14.9. The van der Waals surface area contributed by atoms with E-state index < -0.39 is 18.2 Å². The van der Waals surface area contributed by atoms with Gasteiger partial charge >= 0.3 is 12.3 Å². The molecule has 2 N–H and O–H groups in total. The first-order chi connectivity index (χ1) is 12.4. The number of rotatable bonds is 5. The molecule has 1 aliphatic rings. The molecule has 0 aromatic carbocycles. The monoisotopic (exact) mass is 380 g/mol. The second-order valence-corrected chi connectivity index (χ2v) is 6.09. The minimum Gasteiger partial charge on any atom is -0.449 e. The van der Waals surface area contributed by atoms with Crippen LogP contribution in [0.3, 0.4) is 0 Å². The third kappa shape index (κ3) is 4.29. The van der Waals surface area contributed by atoms with E-state index in [1.165, 1.54) is 11.8 Å². The van der Waals surface area contributed by atoms with Crippen molar-refractivity contribution in [1.29, 1.82) is 0 Å². The van der Waals surface area contributed by atoms with Gasteiger partial charge in [0.25, 0.3) is 0 Å². The molecule has 1 unspecified atom stereocenters. The largest absolute Gasteiger partial charge is 0.513 e. The quantitative estimate of drug-likeness (QED) is 0.582. The molecule has 2 rings (SSSR count). The number of allylic oxidation sites excluding steroid dienone is 2. The molecule has 0 aliphatic carbocycles. The summed E-state index contributed by atoms with van der Waals surface area (Å²) >= 11 is 1.39. The minimum atomic E-state index is -1.46. The first kappa shape index (κ1) is 19.6. The van der Waals surface area contributed by atoms with Gasteiger partial charge in [0, 0.05) is 11.8 Å². The maximum atomic E-state index is 11.9. The second kappa shape index (κ2) is 8.61. The third-order valence-corrected chi connectivity index (χ3v) is 4.32. The number of carbonyl (C=O) groups is 2. The molecular formula is C17H20N2O6S. The zero-order chi connectivity index (χ0) is 19.3. The number of carbonyl (C=O) groups excluding carboxylic acids is 1. The summed E-state index contributed by atoms with van der Waals surface area (Å²) in [6, 6.07) is 3.51. The van der Waals surface area contributed by atoms with Gasteiger partial charge in [0.15, 0.2) is 0 Å². The Bertz CT molecular complexity index is 774. The number of nitrogens with zero attached hydrogens (tertiary/aromatic N) is 1. The first-order valence-electron chi connectivity index (χ1n) is 7.81. The van der Waals surface area contributed by atoms with E-state index >= 15 is 0 Å². The Morgan fingerprint density at radius 3 is 2.50 bits per heavy atom. The van der Waals surface area contributed by atoms with Crippen molar-refractivity contribution in [3.05, 3.63) is 46.8 Å². The summed E-state index contributed by atoms with van der Waals surface area (Å²) in [4.78, 5) is 27.4. The van der Waals surface area contributed by atoms with E-state index in [0.717, 1.165) is 0 Å². The summed E-state index contributed by atoms with van der Waals surface area (Å²) in [5, 5.41) is 12.8. The standard InChI is InChI=1S/C17H20N2O6S/c1-5-23-17(22)25-14-10(3)19-9(2)13(24-16(20)21)12(14)11-7-6-8-18-15(11)26-4/h6-8,12,19H,5H2,1-4H3,(H,20,21). The van der Waals surface area contributed by atoms with Crippen LogP contribution in [-0.2, 0) is 14.2 Å². The Kier molecular flexibility index (Phi) is 6.51. The van der Waals surface area contributed by atoms with Crippen LogP contribution in [0.2, 0.25) is 0 Å². The first-order valence-corrected chi connectivity index (χ1v) is 9.04. The molecule has 0 fully saturated rings. The van der Waals surface area contributed by atoms with Crippen LogP contribution < -0.4 is 5.32 Å². The lowest BCUT2D eigenvalue weighted by Crippen LogP contribution is -2.29. The van der Waals surface area contributed by atoms with Gasteiger partial charge in [-0.2, -0.15) is 0 Å². The fourth-order valence-corrected chi connectivity index (χ4v) is 3.22. The molecule has 8 nitrogen and oxygen atoms in total. The van der Waals surface area contributed by atoms with Crippen LogP contribution in [0.1, 0.15) is 32.3 Å². The molecule has 2 heterocycles. The number of hydrogen-bond donors (Lipinski definition) is 2. The summed E-state index contributed by atoms with van der Waals surface area (Å²) in [5.74, 6) is -0.438. The lowest BCUT2D eigenvalue weighted by Gasteiger charge is -2.30. The van der Waals surface area contributed by atoms with E-state index in [1.54, 1.807) is 39.1 Å². The van der Waals surface area contributed by atoms with Gasteiger partial charge < -0.3 is 24.6 Å². The normalized spacial score (nSPS) is 16.8. The van der Waals surface area contributed by atoms with E-state index in [-0.39, 0.29) is 18.1 Å². The van der Waals surface area contributed by atoms with Crippen molar-refractivity contribution in [2.24, 2.45) is 0 Å². The van der Waals surface area contributed by atoms with Crippen LogP contribution in [0.25, 0.3) is 0 Å². The molecule has 0 saturated carbocycles. The van der Waals surface area contributed by atoms with Crippen LogP contribution in [0, 0.1) is 0 Å². The number of thioether (sulfide) groups is 1. The van der Waals surface area contributed by atoms with Crippen LogP contribution >= 0.6 is 11.8 Å². The van der Waals surface area contributed by atoms with Crippen molar-refractivity contribution in [2.45, 2.75) is 31.7 Å². The van der Waals surface area contributed by atoms with Gasteiger partial charge in [-0.1, -0.05) is 6.07 Å². The molecule has 1 aromatic rings. The van der Waals surface area contributed by atoms with Crippen molar-refractivity contribution >= 4 is 24.1 Å². The molecule has 0 amide bonds. The van der Waals surface area contributed by atoms with E-state index in [4.69, 9.17) is 19.3 Å². The smallest absolute Gasteiger partial charge is 0.449 e. The summed E-state index contributed by atoms with van der Waals surface area (Å²) in [5.41, 5.74) is 1.71. The van der Waals surface area contributed by atoms with Crippen molar-refractivity contribution in [1.82, 2.24) is 10.3 Å². The Morgan fingerprint density at radius 1 is 1.27 bits per heavy atom. The van der Waals surface area contributed by atoms with Gasteiger partial charge in [-0.25, -0.2) is 14.6 Å². The molecule has 0 spiro atoms. The highest BCUT2D eigenvalue weighted by Gasteiger charge is 2.36. The van der Waals surface area contributed by atoms with E-state index in [2.05, 4.69) is 10.3 Å². The third-order valence-electron chi connectivity index (χ3n) is 3.60. The van der Waals surface area contributed by atoms with Gasteiger partial charge in [0.1, 0.15) is 22.5 Å². The molecular weight excluding hydrogens is 360 g/mol. The number of dihydropyridines is 1.